The van der Waals surface area contributed by atoms with Gasteiger partial charge in [-0.2, -0.15) is 0 Å². The highest BCUT2D eigenvalue weighted by molar-refractivity contribution is 5.77. The van der Waals surface area contributed by atoms with E-state index in [9.17, 15) is 4.79 Å². The minimum atomic E-state index is -0.302. The van der Waals surface area contributed by atoms with E-state index in [-0.39, 0.29) is 24.2 Å². The number of ether oxygens (including phenoxy) is 1. The second-order valence-electron chi connectivity index (χ2n) is 4.90. The first-order chi connectivity index (χ1) is 7.92. The molecule has 1 atom stereocenters. The van der Waals surface area contributed by atoms with Crippen LogP contribution < -0.4 is 5.32 Å². The molecule has 0 saturated heterocycles. The molecule has 1 aromatic heterocycles. The van der Waals surface area contributed by atoms with Gasteiger partial charge >= 0.3 is 0 Å². The van der Waals surface area contributed by atoms with Gasteiger partial charge in [-0.05, 0) is 27.2 Å². The van der Waals surface area contributed by atoms with Crippen LogP contribution in [-0.4, -0.2) is 28.1 Å². The van der Waals surface area contributed by atoms with E-state index in [1.807, 2.05) is 27.7 Å². The lowest BCUT2D eigenvalue weighted by Gasteiger charge is -2.20. The number of aromatic nitrogens is 2. The number of H-pyrrole nitrogens is 1. The molecule has 0 bridgehead atoms. The van der Waals surface area contributed by atoms with E-state index in [0.717, 1.165) is 12.2 Å². The van der Waals surface area contributed by atoms with Crippen molar-refractivity contribution in [1.82, 2.24) is 15.3 Å². The van der Waals surface area contributed by atoms with Crippen molar-refractivity contribution in [3.8, 4) is 0 Å². The highest BCUT2D eigenvalue weighted by Crippen LogP contribution is 2.11. The molecule has 1 heterocycles. The molecule has 0 aliphatic heterocycles. The normalized spacial score (nSPS) is 13.4. The summed E-state index contributed by atoms with van der Waals surface area (Å²) in [6, 6.07) is -0.0823. The number of carbonyl (C=O) groups is 1. The van der Waals surface area contributed by atoms with Crippen LogP contribution >= 0.6 is 0 Å². The van der Waals surface area contributed by atoms with Gasteiger partial charge in [0.25, 0.3) is 0 Å². The Morgan fingerprint density at radius 3 is 2.76 bits per heavy atom. The largest absolute Gasteiger partial charge is 0.366 e. The standard InChI is InChI=1S/C12H21N3O2/c1-5-9(11-13-6-7-14-11)15-10(16)8-17-12(2,3)4/h6-7,9H,5,8H2,1-4H3,(H,13,14)(H,15,16). The number of nitrogens with one attached hydrogen (secondary N) is 2. The molecule has 17 heavy (non-hydrogen) atoms. The number of amides is 1. The Bertz CT molecular complexity index is 341. The fraction of sp³-hybridized carbons (Fsp3) is 0.667. The Balaban J connectivity index is 2.44. The molecule has 0 aromatic carbocycles. The van der Waals surface area contributed by atoms with Gasteiger partial charge in [-0.15, -0.1) is 0 Å². The summed E-state index contributed by atoms with van der Waals surface area (Å²) in [7, 11) is 0. The molecule has 5 heteroatoms. The average molecular weight is 239 g/mol. The molecule has 5 nitrogen and oxygen atoms in total. The Morgan fingerprint density at radius 2 is 2.29 bits per heavy atom. The predicted molar refractivity (Wildman–Crippen MR) is 65.5 cm³/mol. The van der Waals surface area contributed by atoms with Crippen molar-refractivity contribution in [3.63, 3.8) is 0 Å². The summed E-state index contributed by atoms with van der Waals surface area (Å²) < 4.78 is 5.41. The number of hydrogen-bond donors (Lipinski definition) is 2. The molecule has 0 radical (unpaired) electrons. The highest BCUT2D eigenvalue weighted by Gasteiger charge is 2.17. The van der Waals surface area contributed by atoms with Crippen LogP contribution in [0.4, 0.5) is 0 Å². The molecule has 0 saturated carbocycles. The minimum Gasteiger partial charge on any atom is -0.366 e. The second-order valence-corrected chi connectivity index (χ2v) is 4.90. The van der Waals surface area contributed by atoms with Crippen molar-refractivity contribution in [1.29, 1.82) is 0 Å². The van der Waals surface area contributed by atoms with E-state index in [1.54, 1.807) is 12.4 Å². The first-order valence-electron chi connectivity index (χ1n) is 5.85. The summed E-state index contributed by atoms with van der Waals surface area (Å²) >= 11 is 0. The van der Waals surface area contributed by atoms with Crippen molar-refractivity contribution in [2.24, 2.45) is 0 Å². The second kappa shape index (κ2) is 5.82. The van der Waals surface area contributed by atoms with E-state index in [2.05, 4.69) is 15.3 Å². The van der Waals surface area contributed by atoms with Crippen molar-refractivity contribution >= 4 is 5.91 Å². The Kier molecular flexibility index (Phi) is 4.69. The van der Waals surface area contributed by atoms with Crippen molar-refractivity contribution in [2.75, 3.05) is 6.61 Å². The molecule has 96 valence electrons. The van der Waals surface area contributed by atoms with Crippen LogP contribution in [0.1, 0.15) is 46.0 Å². The summed E-state index contributed by atoms with van der Waals surface area (Å²) in [5.41, 5.74) is -0.302. The SMILES string of the molecule is CCC(NC(=O)COC(C)(C)C)c1ncc[nH]1. The summed E-state index contributed by atoms with van der Waals surface area (Å²) in [4.78, 5) is 18.8. The van der Waals surface area contributed by atoms with E-state index in [1.165, 1.54) is 0 Å². The lowest BCUT2D eigenvalue weighted by Crippen LogP contribution is -2.34. The predicted octanol–water partition coefficient (Wildman–Crippen LogP) is 1.79. The molecule has 0 fully saturated rings. The van der Waals surface area contributed by atoms with E-state index < -0.39 is 0 Å². The molecule has 0 aliphatic carbocycles. The third kappa shape index (κ3) is 4.99. The number of nitrogens with zero attached hydrogens (tertiary/aromatic N) is 1. The molecular weight excluding hydrogens is 218 g/mol. The van der Waals surface area contributed by atoms with Crippen LogP contribution in [-0.2, 0) is 9.53 Å². The number of rotatable bonds is 5. The molecule has 2 N–H and O–H groups in total. The summed E-state index contributed by atoms with van der Waals surface area (Å²) in [6.07, 6.45) is 4.21. The Labute approximate surface area is 102 Å². The maximum atomic E-state index is 11.7. The highest BCUT2D eigenvalue weighted by atomic mass is 16.5. The lowest BCUT2D eigenvalue weighted by molar-refractivity contribution is -0.131. The van der Waals surface area contributed by atoms with Crippen LogP contribution in [0.2, 0.25) is 0 Å². The van der Waals surface area contributed by atoms with E-state index in [0.29, 0.717) is 0 Å². The fourth-order valence-corrected chi connectivity index (χ4v) is 1.35. The first kappa shape index (κ1) is 13.7. The molecule has 1 aromatic rings. The van der Waals surface area contributed by atoms with E-state index >= 15 is 0 Å². The maximum Gasteiger partial charge on any atom is 0.246 e. The van der Waals surface area contributed by atoms with Crippen LogP contribution in [0.25, 0.3) is 0 Å². The average Bonchev–Trinajstić information content (AvgIpc) is 2.75. The van der Waals surface area contributed by atoms with E-state index in [4.69, 9.17) is 4.74 Å². The number of imidazole rings is 1. The summed E-state index contributed by atoms with van der Waals surface area (Å²) in [6.45, 7) is 7.83. The van der Waals surface area contributed by atoms with Gasteiger partial charge in [0.1, 0.15) is 12.4 Å². The number of carbonyl (C=O) groups excluding carboxylic acids is 1. The van der Waals surface area contributed by atoms with Crippen LogP contribution in [0, 0.1) is 0 Å². The number of hydrogen-bond acceptors (Lipinski definition) is 3. The van der Waals surface area contributed by atoms with Gasteiger partial charge in [0.2, 0.25) is 5.91 Å². The number of aromatic amines is 1. The van der Waals surface area contributed by atoms with Crippen LogP contribution in [0.5, 0.6) is 0 Å². The monoisotopic (exact) mass is 239 g/mol. The third-order valence-corrected chi connectivity index (χ3v) is 2.23. The summed E-state index contributed by atoms with van der Waals surface area (Å²) in [5, 5.41) is 2.88. The molecule has 1 amide bonds. The van der Waals surface area contributed by atoms with Crippen molar-refractivity contribution < 1.29 is 9.53 Å². The summed E-state index contributed by atoms with van der Waals surface area (Å²) in [5.74, 6) is 0.653. The molecule has 1 rings (SSSR count). The van der Waals surface area contributed by atoms with Crippen molar-refractivity contribution in [3.05, 3.63) is 18.2 Å². The topological polar surface area (TPSA) is 67.0 Å². The lowest BCUT2D eigenvalue weighted by atomic mass is 10.2. The molecule has 0 aliphatic rings. The van der Waals surface area contributed by atoms with Gasteiger partial charge in [0.15, 0.2) is 0 Å². The van der Waals surface area contributed by atoms with Gasteiger partial charge in [-0.3, -0.25) is 4.79 Å². The Hall–Kier alpha value is -1.36. The van der Waals surface area contributed by atoms with Crippen molar-refractivity contribution in [2.45, 2.75) is 45.8 Å². The first-order valence-corrected chi connectivity index (χ1v) is 5.85. The quantitative estimate of drug-likeness (QED) is 0.823. The molecule has 0 spiro atoms. The fourth-order valence-electron chi connectivity index (χ4n) is 1.35. The zero-order chi connectivity index (χ0) is 12.9. The minimum absolute atomic E-state index is 0.0701. The zero-order valence-corrected chi connectivity index (χ0v) is 10.9. The third-order valence-electron chi connectivity index (χ3n) is 2.23. The van der Waals surface area contributed by atoms with Gasteiger partial charge in [0, 0.05) is 12.4 Å². The van der Waals surface area contributed by atoms with Crippen LogP contribution in [0.15, 0.2) is 12.4 Å². The van der Waals surface area contributed by atoms with Gasteiger partial charge in [-0.25, -0.2) is 4.98 Å². The Morgan fingerprint density at radius 1 is 1.59 bits per heavy atom. The van der Waals surface area contributed by atoms with Gasteiger partial charge < -0.3 is 15.0 Å². The molecular formula is C12H21N3O2. The van der Waals surface area contributed by atoms with Gasteiger partial charge in [0.05, 0.1) is 11.6 Å². The molecule has 1 unspecified atom stereocenters. The zero-order valence-electron chi connectivity index (χ0n) is 10.9. The smallest absolute Gasteiger partial charge is 0.246 e. The van der Waals surface area contributed by atoms with Gasteiger partial charge in [-0.1, -0.05) is 6.92 Å². The van der Waals surface area contributed by atoms with Crippen LogP contribution in [0.3, 0.4) is 0 Å². The maximum absolute atomic E-state index is 11.7.